The molecule has 0 saturated carbocycles. The Balaban J connectivity index is 2.48. The van der Waals surface area contributed by atoms with Crippen molar-refractivity contribution in [2.75, 3.05) is 6.61 Å². The zero-order chi connectivity index (χ0) is 12.0. The topological polar surface area (TPSA) is 46.5 Å². The number of carbonyl (C=O) groups is 1. The van der Waals surface area contributed by atoms with Gasteiger partial charge in [0.05, 0.1) is 19.1 Å². The number of ether oxygens (including phenoxy) is 1. The van der Waals surface area contributed by atoms with Crippen LogP contribution in [0.15, 0.2) is 24.3 Å². The average molecular weight is 222 g/mol. The Kier molecular flexibility index (Phi) is 4.99. The molecule has 0 heterocycles. The molecule has 1 aromatic carbocycles. The SMILES string of the molecule is CCCOC(=O)C[C@@H](O)c1ccc(C)cc1. The number of aryl methyl sites for hydroxylation is 1. The fourth-order valence-corrected chi connectivity index (χ4v) is 1.34. The summed E-state index contributed by atoms with van der Waals surface area (Å²) in [7, 11) is 0. The van der Waals surface area contributed by atoms with Crippen LogP contribution in [0, 0.1) is 6.92 Å². The normalized spacial score (nSPS) is 12.2. The van der Waals surface area contributed by atoms with Gasteiger partial charge in [0, 0.05) is 0 Å². The number of hydrogen-bond acceptors (Lipinski definition) is 3. The molecule has 0 spiro atoms. The maximum Gasteiger partial charge on any atom is 0.308 e. The highest BCUT2D eigenvalue weighted by atomic mass is 16.5. The van der Waals surface area contributed by atoms with Crippen molar-refractivity contribution in [1.29, 1.82) is 0 Å². The largest absolute Gasteiger partial charge is 0.466 e. The maximum absolute atomic E-state index is 11.3. The van der Waals surface area contributed by atoms with Crippen molar-refractivity contribution in [2.24, 2.45) is 0 Å². The van der Waals surface area contributed by atoms with Gasteiger partial charge in [-0.2, -0.15) is 0 Å². The van der Waals surface area contributed by atoms with Crippen molar-refractivity contribution in [3.8, 4) is 0 Å². The molecule has 0 aliphatic carbocycles. The third-order valence-corrected chi connectivity index (χ3v) is 2.29. The Labute approximate surface area is 96.1 Å². The van der Waals surface area contributed by atoms with Gasteiger partial charge < -0.3 is 9.84 Å². The Morgan fingerprint density at radius 2 is 2.00 bits per heavy atom. The van der Waals surface area contributed by atoms with E-state index in [4.69, 9.17) is 4.74 Å². The van der Waals surface area contributed by atoms with Gasteiger partial charge >= 0.3 is 5.97 Å². The maximum atomic E-state index is 11.3. The molecule has 1 atom stereocenters. The summed E-state index contributed by atoms with van der Waals surface area (Å²) in [6, 6.07) is 7.48. The van der Waals surface area contributed by atoms with Gasteiger partial charge in [-0.15, -0.1) is 0 Å². The van der Waals surface area contributed by atoms with Crippen LogP contribution in [0.3, 0.4) is 0 Å². The molecule has 0 aliphatic heterocycles. The number of hydrogen-bond donors (Lipinski definition) is 1. The van der Waals surface area contributed by atoms with Crippen molar-refractivity contribution >= 4 is 5.97 Å². The first kappa shape index (κ1) is 12.7. The molecular formula is C13H18O3. The van der Waals surface area contributed by atoms with Gasteiger partial charge in [0.2, 0.25) is 0 Å². The summed E-state index contributed by atoms with van der Waals surface area (Å²) < 4.78 is 4.91. The summed E-state index contributed by atoms with van der Waals surface area (Å²) in [4.78, 5) is 11.3. The summed E-state index contributed by atoms with van der Waals surface area (Å²) in [5, 5.41) is 9.78. The Hall–Kier alpha value is -1.35. The monoisotopic (exact) mass is 222 g/mol. The van der Waals surface area contributed by atoms with Crippen LogP contribution in [0.25, 0.3) is 0 Å². The lowest BCUT2D eigenvalue weighted by molar-refractivity contribution is -0.146. The molecule has 16 heavy (non-hydrogen) atoms. The summed E-state index contributed by atoms with van der Waals surface area (Å²) in [6.45, 7) is 4.33. The molecule has 88 valence electrons. The molecule has 1 N–H and O–H groups in total. The third-order valence-electron chi connectivity index (χ3n) is 2.29. The van der Waals surface area contributed by atoms with Gasteiger partial charge in [-0.25, -0.2) is 0 Å². The van der Waals surface area contributed by atoms with E-state index in [1.165, 1.54) is 0 Å². The fraction of sp³-hybridized carbons (Fsp3) is 0.462. The standard InChI is InChI=1S/C13H18O3/c1-3-8-16-13(15)9-12(14)11-6-4-10(2)5-7-11/h4-7,12,14H,3,8-9H2,1-2H3/t12-/m1/s1. The first-order chi connectivity index (χ1) is 7.63. The van der Waals surface area contributed by atoms with Crippen LogP contribution in [0.5, 0.6) is 0 Å². The Morgan fingerprint density at radius 1 is 1.38 bits per heavy atom. The molecule has 0 fully saturated rings. The minimum Gasteiger partial charge on any atom is -0.466 e. The van der Waals surface area contributed by atoms with Gasteiger partial charge in [-0.05, 0) is 18.9 Å². The second-order valence-corrected chi connectivity index (χ2v) is 3.85. The van der Waals surface area contributed by atoms with Gasteiger partial charge in [-0.1, -0.05) is 36.8 Å². The van der Waals surface area contributed by atoms with Crippen molar-refractivity contribution in [2.45, 2.75) is 32.8 Å². The first-order valence-electron chi connectivity index (χ1n) is 5.53. The molecule has 0 aliphatic rings. The smallest absolute Gasteiger partial charge is 0.308 e. The molecule has 3 nitrogen and oxygen atoms in total. The van der Waals surface area contributed by atoms with Gasteiger partial charge in [0.15, 0.2) is 0 Å². The first-order valence-corrected chi connectivity index (χ1v) is 5.53. The van der Waals surface area contributed by atoms with Crippen molar-refractivity contribution in [1.82, 2.24) is 0 Å². The van der Waals surface area contributed by atoms with E-state index in [0.29, 0.717) is 6.61 Å². The van der Waals surface area contributed by atoms with Gasteiger partial charge in [-0.3, -0.25) is 4.79 Å². The zero-order valence-electron chi connectivity index (χ0n) is 9.77. The summed E-state index contributed by atoms with van der Waals surface area (Å²) in [6.07, 6.45) is 0.0417. The minimum absolute atomic E-state index is 0.0169. The number of aliphatic hydroxyl groups is 1. The number of benzene rings is 1. The lowest BCUT2D eigenvalue weighted by atomic mass is 10.1. The second kappa shape index (κ2) is 6.28. The lowest BCUT2D eigenvalue weighted by Crippen LogP contribution is -2.10. The molecule has 0 aromatic heterocycles. The van der Waals surface area contributed by atoms with Gasteiger partial charge in [0.1, 0.15) is 0 Å². The molecule has 0 unspecified atom stereocenters. The quantitative estimate of drug-likeness (QED) is 0.778. The van der Waals surface area contributed by atoms with Crippen molar-refractivity contribution in [3.63, 3.8) is 0 Å². The van der Waals surface area contributed by atoms with E-state index in [0.717, 1.165) is 17.5 Å². The van der Waals surface area contributed by atoms with Crippen LogP contribution < -0.4 is 0 Å². The third kappa shape index (κ3) is 4.03. The minimum atomic E-state index is -0.773. The molecule has 3 heteroatoms. The lowest BCUT2D eigenvalue weighted by Gasteiger charge is -2.10. The van der Waals surface area contributed by atoms with E-state index in [-0.39, 0.29) is 12.4 Å². The van der Waals surface area contributed by atoms with Crippen molar-refractivity contribution < 1.29 is 14.6 Å². The molecule has 1 rings (SSSR count). The fourth-order valence-electron chi connectivity index (χ4n) is 1.34. The Morgan fingerprint density at radius 3 is 2.56 bits per heavy atom. The molecule has 0 amide bonds. The van der Waals surface area contributed by atoms with Crippen molar-refractivity contribution in [3.05, 3.63) is 35.4 Å². The number of rotatable bonds is 5. The molecular weight excluding hydrogens is 204 g/mol. The van der Waals surface area contributed by atoms with Gasteiger partial charge in [0.25, 0.3) is 0 Å². The average Bonchev–Trinajstić information content (AvgIpc) is 2.27. The van der Waals surface area contributed by atoms with E-state index in [2.05, 4.69) is 0 Å². The zero-order valence-corrected chi connectivity index (χ0v) is 9.77. The molecule has 0 saturated heterocycles. The molecule has 0 radical (unpaired) electrons. The number of aliphatic hydroxyl groups excluding tert-OH is 1. The van der Waals surface area contributed by atoms with Crippen LogP contribution in [0.1, 0.15) is 37.0 Å². The predicted octanol–water partition coefficient (Wildman–Crippen LogP) is 2.37. The van der Waals surface area contributed by atoms with Crippen LogP contribution in [0.4, 0.5) is 0 Å². The van der Waals surface area contributed by atoms with Crippen LogP contribution in [-0.4, -0.2) is 17.7 Å². The van der Waals surface area contributed by atoms with E-state index < -0.39 is 6.10 Å². The van der Waals surface area contributed by atoms with Crippen LogP contribution in [-0.2, 0) is 9.53 Å². The van der Waals surface area contributed by atoms with E-state index in [1.807, 2.05) is 38.1 Å². The van der Waals surface area contributed by atoms with Crippen LogP contribution in [0.2, 0.25) is 0 Å². The number of esters is 1. The number of carbonyl (C=O) groups excluding carboxylic acids is 1. The predicted molar refractivity (Wildman–Crippen MR) is 62.0 cm³/mol. The summed E-state index contributed by atoms with van der Waals surface area (Å²) >= 11 is 0. The highest BCUT2D eigenvalue weighted by molar-refractivity contribution is 5.70. The highest BCUT2D eigenvalue weighted by Crippen LogP contribution is 2.17. The summed E-state index contributed by atoms with van der Waals surface area (Å²) in [5.41, 5.74) is 1.88. The van der Waals surface area contributed by atoms with E-state index in [1.54, 1.807) is 0 Å². The summed E-state index contributed by atoms with van der Waals surface area (Å²) in [5.74, 6) is -0.352. The van der Waals surface area contributed by atoms with E-state index in [9.17, 15) is 9.90 Å². The highest BCUT2D eigenvalue weighted by Gasteiger charge is 2.13. The van der Waals surface area contributed by atoms with E-state index >= 15 is 0 Å². The Bertz CT molecular complexity index is 330. The molecule has 0 bridgehead atoms. The second-order valence-electron chi connectivity index (χ2n) is 3.85. The van der Waals surface area contributed by atoms with Crippen LogP contribution >= 0.6 is 0 Å². The molecule has 1 aromatic rings.